The number of fused-ring (bicyclic) bond motifs is 1. The summed E-state index contributed by atoms with van der Waals surface area (Å²) in [6.45, 7) is 0.206. The molecule has 18 heavy (non-hydrogen) atoms. The lowest BCUT2D eigenvalue weighted by Crippen LogP contribution is -1.96. The second-order valence-corrected chi connectivity index (χ2v) is 5.04. The van der Waals surface area contributed by atoms with Crippen molar-refractivity contribution in [1.29, 1.82) is 0 Å². The molecule has 0 bridgehead atoms. The summed E-state index contributed by atoms with van der Waals surface area (Å²) in [5.74, 6) is 0. The highest BCUT2D eigenvalue weighted by Crippen LogP contribution is 2.27. The molecule has 0 aliphatic heterocycles. The van der Waals surface area contributed by atoms with E-state index in [1.807, 2.05) is 29.2 Å². The van der Waals surface area contributed by atoms with Gasteiger partial charge in [0, 0.05) is 23.9 Å². The molecule has 0 amide bonds. The maximum Gasteiger partial charge on any atom is 0.163 e. The molecule has 0 spiro atoms. The third-order valence-corrected chi connectivity index (χ3v) is 3.72. The van der Waals surface area contributed by atoms with Gasteiger partial charge in [0.2, 0.25) is 0 Å². The molecule has 0 aliphatic rings. The summed E-state index contributed by atoms with van der Waals surface area (Å²) in [7, 11) is 0. The highest BCUT2D eigenvalue weighted by atomic mass is 32.1. The van der Waals surface area contributed by atoms with E-state index in [4.69, 9.17) is 5.11 Å². The summed E-state index contributed by atoms with van der Waals surface area (Å²) < 4.78 is 1.81. The highest BCUT2D eigenvalue weighted by Gasteiger charge is 2.08. The molecular formula is C13H13N3OS. The van der Waals surface area contributed by atoms with Crippen LogP contribution in [0.5, 0.6) is 0 Å². The van der Waals surface area contributed by atoms with Gasteiger partial charge in [0.15, 0.2) is 5.65 Å². The van der Waals surface area contributed by atoms with Crippen LogP contribution < -0.4 is 0 Å². The number of aliphatic hydroxyl groups excluding tert-OH is 1. The summed E-state index contributed by atoms with van der Waals surface area (Å²) in [5.41, 5.74) is 3.04. The van der Waals surface area contributed by atoms with Crippen molar-refractivity contribution in [2.24, 2.45) is 0 Å². The fraction of sp³-hybridized carbons (Fsp3) is 0.231. The first kappa shape index (κ1) is 11.4. The lowest BCUT2D eigenvalue weighted by atomic mass is 10.2. The van der Waals surface area contributed by atoms with Crippen LogP contribution in [0.2, 0.25) is 0 Å². The van der Waals surface area contributed by atoms with Crippen molar-refractivity contribution in [3.05, 3.63) is 41.7 Å². The Hall–Kier alpha value is -1.72. The van der Waals surface area contributed by atoms with E-state index in [9.17, 15) is 0 Å². The summed E-state index contributed by atoms with van der Waals surface area (Å²) in [5, 5.41) is 15.2. The molecule has 92 valence electrons. The molecule has 3 heterocycles. The number of hydrogen-bond acceptors (Lipinski definition) is 4. The zero-order chi connectivity index (χ0) is 12.4. The van der Waals surface area contributed by atoms with Gasteiger partial charge in [-0.15, -0.1) is 11.3 Å². The van der Waals surface area contributed by atoms with Crippen LogP contribution in [0.15, 0.2) is 36.1 Å². The standard InChI is InChI=1S/C13H13N3OS/c17-5-1-3-10-7-14-13-11(8-15-16(13)9-10)12-4-2-6-18-12/h2,4,6-9,17H,1,3,5H2. The molecule has 0 atom stereocenters. The van der Waals surface area contributed by atoms with Crippen LogP contribution in [-0.2, 0) is 6.42 Å². The monoisotopic (exact) mass is 259 g/mol. The van der Waals surface area contributed by atoms with E-state index < -0.39 is 0 Å². The normalized spacial score (nSPS) is 11.2. The van der Waals surface area contributed by atoms with E-state index in [2.05, 4.69) is 21.5 Å². The van der Waals surface area contributed by atoms with Crippen molar-refractivity contribution in [2.45, 2.75) is 12.8 Å². The Bertz CT molecular complexity index is 645. The van der Waals surface area contributed by atoms with E-state index in [0.29, 0.717) is 0 Å². The van der Waals surface area contributed by atoms with Gasteiger partial charge >= 0.3 is 0 Å². The number of hydrogen-bond donors (Lipinski definition) is 1. The van der Waals surface area contributed by atoms with Gasteiger partial charge in [-0.3, -0.25) is 0 Å². The van der Waals surface area contributed by atoms with E-state index in [-0.39, 0.29) is 6.61 Å². The lowest BCUT2D eigenvalue weighted by molar-refractivity contribution is 0.288. The molecule has 0 aromatic carbocycles. The number of nitrogens with zero attached hydrogens (tertiary/aromatic N) is 3. The molecule has 5 heteroatoms. The fourth-order valence-corrected chi connectivity index (χ4v) is 2.66. The van der Waals surface area contributed by atoms with Gasteiger partial charge < -0.3 is 5.11 Å². The van der Waals surface area contributed by atoms with E-state index in [1.165, 1.54) is 4.88 Å². The number of aryl methyl sites for hydroxylation is 1. The first-order valence-corrected chi connectivity index (χ1v) is 6.73. The third kappa shape index (κ3) is 2.02. The summed E-state index contributed by atoms with van der Waals surface area (Å²) in [4.78, 5) is 5.66. The van der Waals surface area contributed by atoms with Crippen LogP contribution in [-0.4, -0.2) is 26.3 Å². The SMILES string of the molecule is OCCCc1cnc2c(-c3cccs3)cnn2c1. The second-order valence-electron chi connectivity index (χ2n) is 4.09. The minimum atomic E-state index is 0.206. The van der Waals surface area contributed by atoms with E-state index in [0.717, 1.165) is 29.6 Å². The van der Waals surface area contributed by atoms with Crippen LogP contribution in [0.1, 0.15) is 12.0 Å². The van der Waals surface area contributed by atoms with Gasteiger partial charge in [0.05, 0.1) is 11.8 Å². The number of rotatable bonds is 4. The fourth-order valence-electron chi connectivity index (χ4n) is 1.93. The molecule has 1 N–H and O–H groups in total. The Morgan fingerprint density at radius 1 is 1.33 bits per heavy atom. The van der Waals surface area contributed by atoms with Crippen LogP contribution in [0.25, 0.3) is 16.1 Å². The Labute approximate surface area is 109 Å². The average Bonchev–Trinajstić information content (AvgIpc) is 3.04. The Morgan fingerprint density at radius 2 is 2.28 bits per heavy atom. The molecule has 3 aromatic rings. The summed E-state index contributed by atoms with van der Waals surface area (Å²) in [6.07, 6.45) is 7.28. The van der Waals surface area contributed by atoms with E-state index in [1.54, 1.807) is 11.3 Å². The van der Waals surface area contributed by atoms with Gasteiger partial charge in [-0.25, -0.2) is 9.50 Å². The summed E-state index contributed by atoms with van der Waals surface area (Å²) >= 11 is 1.69. The second kappa shape index (κ2) is 4.88. The first-order valence-electron chi connectivity index (χ1n) is 5.85. The Kier molecular flexibility index (Phi) is 3.08. The molecule has 0 aliphatic carbocycles. The molecule has 0 saturated heterocycles. The van der Waals surface area contributed by atoms with Crippen molar-refractivity contribution in [3.8, 4) is 10.4 Å². The molecule has 0 unspecified atom stereocenters. The average molecular weight is 259 g/mol. The maximum absolute atomic E-state index is 8.83. The van der Waals surface area contributed by atoms with Crippen LogP contribution >= 0.6 is 11.3 Å². The minimum Gasteiger partial charge on any atom is -0.396 e. The Balaban J connectivity index is 2.00. The predicted molar refractivity (Wildman–Crippen MR) is 71.7 cm³/mol. The molecular weight excluding hydrogens is 246 g/mol. The minimum absolute atomic E-state index is 0.206. The molecule has 0 saturated carbocycles. The van der Waals surface area contributed by atoms with Crippen LogP contribution in [0.3, 0.4) is 0 Å². The Morgan fingerprint density at radius 3 is 3.06 bits per heavy atom. The molecule has 0 radical (unpaired) electrons. The van der Waals surface area contributed by atoms with Gasteiger partial charge in [0.1, 0.15) is 0 Å². The van der Waals surface area contributed by atoms with Crippen molar-refractivity contribution in [2.75, 3.05) is 6.61 Å². The molecule has 0 fully saturated rings. The van der Waals surface area contributed by atoms with Gasteiger partial charge in [-0.1, -0.05) is 6.07 Å². The molecule has 3 rings (SSSR count). The van der Waals surface area contributed by atoms with Gasteiger partial charge in [-0.2, -0.15) is 5.10 Å². The van der Waals surface area contributed by atoms with Crippen molar-refractivity contribution >= 4 is 17.0 Å². The molecule has 3 aromatic heterocycles. The van der Waals surface area contributed by atoms with Crippen LogP contribution in [0, 0.1) is 0 Å². The number of aromatic nitrogens is 3. The van der Waals surface area contributed by atoms with Gasteiger partial charge in [-0.05, 0) is 29.9 Å². The smallest absolute Gasteiger partial charge is 0.163 e. The number of thiophene rings is 1. The first-order chi connectivity index (χ1) is 8.88. The zero-order valence-corrected chi connectivity index (χ0v) is 10.6. The lowest BCUT2D eigenvalue weighted by Gasteiger charge is -2.00. The number of aliphatic hydroxyl groups is 1. The predicted octanol–water partition coefficient (Wildman–Crippen LogP) is 2.38. The maximum atomic E-state index is 8.83. The van der Waals surface area contributed by atoms with Crippen molar-refractivity contribution in [1.82, 2.24) is 14.6 Å². The zero-order valence-electron chi connectivity index (χ0n) is 9.78. The van der Waals surface area contributed by atoms with E-state index >= 15 is 0 Å². The topological polar surface area (TPSA) is 50.4 Å². The van der Waals surface area contributed by atoms with Crippen LogP contribution in [0.4, 0.5) is 0 Å². The van der Waals surface area contributed by atoms with Crippen molar-refractivity contribution in [3.63, 3.8) is 0 Å². The molecule has 4 nitrogen and oxygen atoms in total. The largest absolute Gasteiger partial charge is 0.396 e. The van der Waals surface area contributed by atoms with Crippen molar-refractivity contribution < 1.29 is 5.11 Å². The third-order valence-electron chi connectivity index (χ3n) is 2.82. The summed E-state index contributed by atoms with van der Waals surface area (Å²) in [6, 6.07) is 4.10. The quantitative estimate of drug-likeness (QED) is 0.782. The van der Waals surface area contributed by atoms with Gasteiger partial charge in [0.25, 0.3) is 0 Å². The highest BCUT2D eigenvalue weighted by molar-refractivity contribution is 7.13.